The van der Waals surface area contributed by atoms with E-state index >= 15 is 0 Å². The zero-order valence-electron chi connectivity index (χ0n) is 15.1. The summed E-state index contributed by atoms with van der Waals surface area (Å²) in [5.74, 6) is 0.303. The number of ether oxygens (including phenoxy) is 1. The van der Waals surface area contributed by atoms with E-state index in [0.717, 1.165) is 16.3 Å². The van der Waals surface area contributed by atoms with Gasteiger partial charge in [0.2, 0.25) is 5.91 Å². The third kappa shape index (κ3) is 5.00. The van der Waals surface area contributed by atoms with Gasteiger partial charge in [0.1, 0.15) is 12.3 Å². The lowest BCUT2D eigenvalue weighted by Gasteiger charge is -2.27. The number of halogens is 3. The molecule has 0 saturated carbocycles. The van der Waals surface area contributed by atoms with Crippen molar-refractivity contribution in [3.05, 3.63) is 47.3 Å². The molecule has 1 aromatic heterocycles. The van der Waals surface area contributed by atoms with Gasteiger partial charge in [-0.25, -0.2) is 0 Å². The molecule has 0 bridgehead atoms. The van der Waals surface area contributed by atoms with E-state index in [9.17, 15) is 18.0 Å². The minimum Gasteiger partial charge on any atom is -0.496 e. The van der Waals surface area contributed by atoms with Crippen molar-refractivity contribution in [3.8, 4) is 5.75 Å². The Bertz CT molecular complexity index is 782. The van der Waals surface area contributed by atoms with Gasteiger partial charge >= 0.3 is 6.18 Å². The highest BCUT2D eigenvalue weighted by molar-refractivity contribution is 5.76. The van der Waals surface area contributed by atoms with Crippen LogP contribution < -0.4 is 10.1 Å². The fourth-order valence-corrected chi connectivity index (χ4v) is 2.73. The third-order valence-corrected chi connectivity index (χ3v) is 3.87. The molecule has 0 radical (unpaired) electrons. The van der Waals surface area contributed by atoms with Crippen LogP contribution in [0.25, 0.3) is 0 Å². The Labute approximate surface area is 150 Å². The van der Waals surface area contributed by atoms with Crippen molar-refractivity contribution >= 4 is 5.91 Å². The number of nitrogens with zero attached hydrogens (tertiary/aromatic N) is 2. The van der Waals surface area contributed by atoms with Crippen LogP contribution in [0.4, 0.5) is 13.2 Å². The monoisotopic (exact) mass is 369 g/mol. The van der Waals surface area contributed by atoms with Gasteiger partial charge < -0.3 is 10.1 Å². The van der Waals surface area contributed by atoms with E-state index in [1.165, 1.54) is 6.92 Å². The molecule has 5 nitrogen and oxygen atoms in total. The van der Waals surface area contributed by atoms with Gasteiger partial charge in [-0.2, -0.15) is 18.3 Å². The molecule has 0 aliphatic rings. The van der Waals surface area contributed by atoms with Crippen molar-refractivity contribution in [2.24, 2.45) is 0 Å². The minimum atomic E-state index is -4.53. The average Bonchev–Trinajstić information content (AvgIpc) is 2.88. The number of rotatable bonds is 6. The molecule has 1 N–H and O–H groups in total. The van der Waals surface area contributed by atoms with E-state index < -0.39 is 23.3 Å². The summed E-state index contributed by atoms with van der Waals surface area (Å²) in [6.07, 6.45) is -4.02. The highest BCUT2D eigenvalue weighted by Crippen LogP contribution is 2.28. The maximum atomic E-state index is 12.7. The zero-order chi connectivity index (χ0) is 19.5. The molecule has 8 heteroatoms. The molecule has 0 fully saturated rings. The first-order valence-electron chi connectivity index (χ1n) is 8.06. The van der Waals surface area contributed by atoms with Crippen LogP contribution in [0.1, 0.15) is 30.8 Å². The number of alkyl halides is 3. The van der Waals surface area contributed by atoms with E-state index in [1.807, 2.05) is 38.1 Å². The number of carbonyl (C=O) groups excluding carboxylic acids is 1. The van der Waals surface area contributed by atoms with Gasteiger partial charge in [-0.05, 0) is 44.9 Å². The second-order valence-electron chi connectivity index (χ2n) is 6.75. The number of aryl methyl sites for hydroxylation is 1. The van der Waals surface area contributed by atoms with Crippen LogP contribution in [-0.2, 0) is 23.9 Å². The number of hydrogen-bond donors (Lipinski definition) is 1. The largest absolute Gasteiger partial charge is 0.496 e. The van der Waals surface area contributed by atoms with Crippen LogP contribution in [0.2, 0.25) is 0 Å². The lowest BCUT2D eigenvalue weighted by Crippen LogP contribution is -2.46. The molecular weight excluding hydrogens is 347 g/mol. The van der Waals surface area contributed by atoms with Gasteiger partial charge in [-0.15, -0.1) is 0 Å². The summed E-state index contributed by atoms with van der Waals surface area (Å²) < 4.78 is 44.5. The second-order valence-corrected chi connectivity index (χ2v) is 6.75. The summed E-state index contributed by atoms with van der Waals surface area (Å²) in [5.41, 5.74) is -0.416. The number of methoxy groups -OCH3 is 1. The van der Waals surface area contributed by atoms with Crippen LogP contribution in [-0.4, -0.2) is 28.3 Å². The maximum absolute atomic E-state index is 12.7. The predicted octanol–water partition coefficient (Wildman–Crippen LogP) is 3.36. The second kappa shape index (κ2) is 7.39. The highest BCUT2D eigenvalue weighted by atomic mass is 19.4. The molecule has 2 aromatic rings. The predicted molar refractivity (Wildman–Crippen MR) is 90.9 cm³/mol. The van der Waals surface area contributed by atoms with Crippen molar-refractivity contribution in [1.29, 1.82) is 0 Å². The third-order valence-electron chi connectivity index (χ3n) is 3.87. The Balaban J connectivity index is 2.05. The molecule has 26 heavy (non-hydrogen) atoms. The number of amides is 1. The number of nitrogens with one attached hydrogen (secondary N) is 1. The normalized spacial score (nSPS) is 12.1. The van der Waals surface area contributed by atoms with Crippen LogP contribution >= 0.6 is 0 Å². The Morgan fingerprint density at radius 1 is 1.27 bits per heavy atom. The fourth-order valence-electron chi connectivity index (χ4n) is 2.73. The average molecular weight is 369 g/mol. The van der Waals surface area contributed by atoms with Crippen molar-refractivity contribution in [2.45, 2.75) is 45.5 Å². The summed E-state index contributed by atoms with van der Waals surface area (Å²) in [6, 6.07) is 8.39. The molecular formula is C18H22F3N3O2. The van der Waals surface area contributed by atoms with Gasteiger partial charge in [0, 0.05) is 11.2 Å². The molecule has 1 aromatic carbocycles. The Hall–Kier alpha value is -2.51. The number of carbonyl (C=O) groups is 1. The SMILES string of the molecule is COc1ccccc1CC(C)(C)NC(=O)Cn1nc(C(F)(F)F)cc1C. The molecule has 0 aliphatic heterocycles. The summed E-state index contributed by atoms with van der Waals surface area (Å²) >= 11 is 0. The Morgan fingerprint density at radius 2 is 1.92 bits per heavy atom. The first-order valence-corrected chi connectivity index (χ1v) is 8.06. The van der Waals surface area contributed by atoms with Crippen LogP contribution in [0, 0.1) is 6.92 Å². The van der Waals surface area contributed by atoms with Gasteiger partial charge in [-0.1, -0.05) is 18.2 Å². The van der Waals surface area contributed by atoms with Gasteiger partial charge in [0.05, 0.1) is 7.11 Å². The van der Waals surface area contributed by atoms with Crippen molar-refractivity contribution in [2.75, 3.05) is 7.11 Å². The molecule has 0 aliphatic carbocycles. The number of aromatic nitrogens is 2. The molecule has 0 saturated heterocycles. The Kier molecular flexibility index (Phi) is 5.63. The zero-order valence-corrected chi connectivity index (χ0v) is 15.1. The van der Waals surface area contributed by atoms with Gasteiger partial charge in [0.25, 0.3) is 0 Å². The number of hydrogen-bond acceptors (Lipinski definition) is 3. The van der Waals surface area contributed by atoms with Crippen LogP contribution in [0.3, 0.4) is 0 Å². The van der Waals surface area contributed by atoms with Crippen LogP contribution in [0.5, 0.6) is 5.75 Å². The van der Waals surface area contributed by atoms with E-state index in [0.29, 0.717) is 12.2 Å². The lowest BCUT2D eigenvalue weighted by molar-refractivity contribution is -0.141. The quantitative estimate of drug-likeness (QED) is 0.850. The summed E-state index contributed by atoms with van der Waals surface area (Å²) in [5, 5.41) is 6.32. The first kappa shape index (κ1) is 19.8. The van der Waals surface area contributed by atoms with Crippen molar-refractivity contribution in [1.82, 2.24) is 15.1 Å². The lowest BCUT2D eigenvalue weighted by atomic mass is 9.94. The smallest absolute Gasteiger partial charge is 0.435 e. The fraction of sp³-hybridized carbons (Fsp3) is 0.444. The van der Waals surface area contributed by atoms with E-state index in [-0.39, 0.29) is 12.2 Å². The highest BCUT2D eigenvalue weighted by Gasteiger charge is 2.34. The molecule has 0 spiro atoms. The molecule has 1 amide bonds. The standard InChI is InChI=1S/C18H22F3N3O2/c1-12-9-15(18(19,20)21)23-24(12)11-16(25)22-17(2,3)10-13-7-5-6-8-14(13)26-4/h5-9H,10-11H2,1-4H3,(H,22,25). The maximum Gasteiger partial charge on any atom is 0.435 e. The molecule has 142 valence electrons. The van der Waals surface area contributed by atoms with Crippen molar-refractivity contribution in [3.63, 3.8) is 0 Å². The van der Waals surface area contributed by atoms with E-state index in [1.54, 1.807) is 7.11 Å². The van der Waals surface area contributed by atoms with Crippen molar-refractivity contribution < 1.29 is 22.7 Å². The molecule has 1 heterocycles. The number of benzene rings is 1. The molecule has 2 rings (SSSR count). The molecule has 0 unspecified atom stereocenters. The van der Waals surface area contributed by atoms with Crippen LogP contribution in [0.15, 0.2) is 30.3 Å². The summed E-state index contributed by atoms with van der Waals surface area (Å²) in [6.45, 7) is 4.88. The number of para-hydroxylation sites is 1. The summed E-state index contributed by atoms with van der Waals surface area (Å²) in [7, 11) is 1.57. The summed E-state index contributed by atoms with van der Waals surface area (Å²) in [4.78, 5) is 12.3. The van der Waals surface area contributed by atoms with Gasteiger partial charge in [-0.3, -0.25) is 9.48 Å². The topological polar surface area (TPSA) is 56.1 Å². The van der Waals surface area contributed by atoms with Gasteiger partial charge in [0.15, 0.2) is 5.69 Å². The Morgan fingerprint density at radius 3 is 2.50 bits per heavy atom. The minimum absolute atomic E-state index is 0.273. The van der Waals surface area contributed by atoms with E-state index in [4.69, 9.17) is 4.74 Å². The molecule has 0 atom stereocenters. The van der Waals surface area contributed by atoms with E-state index in [2.05, 4.69) is 10.4 Å². The first-order chi connectivity index (χ1) is 12.0.